The molecule has 2 aromatic heterocycles. The van der Waals surface area contributed by atoms with E-state index >= 15 is 0 Å². The maximum absolute atomic E-state index is 11.8. The molecule has 0 fully saturated rings. The summed E-state index contributed by atoms with van der Waals surface area (Å²) in [5.74, 6) is -1.44. The molecule has 0 bridgehead atoms. The number of nitrogens with zero attached hydrogens (tertiary/aromatic N) is 1. The molecular formula is C13H10N2O5. The van der Waals surface area contributed by atoms with Gasteiger partial charge in [0, 0.05) is 6.07 Å². The van der Waals surface area contributed by atoms with Crippen molar-refractivity contribution < 1.29 is 19.1 Å². The summed E-state index contributed by atoms with van der Waals surface area (Å²) < 4.78 is 4.58. The van der Waals surface area contributed by atoms with Crippen molar-refractivity contribution in [2.45, 2.75) is 6.42 Å². The number of hydrogen-bond donors (Lipinski definition) is 2. The summed E-state index contributed by atoms with van der Waals surface area (Å²) in [6.07, 6.45) is 2.23. The van der Waals surface area contributed by atoms with E-state index in [-0.39, 0.29) is 12.0 Å². The van der Waals surface area contributed by atoms with Crippen LogP contribution >= 0.6 is 0 Å². The first-order chi connectivity index (χ1) is 9.54. The largest absolute Gasteiger partial charge is 0.481 e. The quantitative estimate of drug-likeness (QED) is 0.857. The van der Waals surface area contributed by atoms with Crippen LogP contribution in [0.1, 0.15) is 16.1 Å². The second kappa shape index (κ2) is 5.79. The highest BCUT2D eigenvalue weighted by atomic mass is 16.4. The Hall–Kier alpha value is -2.96. The van der Waals surface area contributed by atoms with Crippen molar-refractivity contribution in [3.63, 3.8) is 0 Å². The average molecular weight is 274 g/mol. The zero-order valence-corrected chi connectivity index (χ0v) is 10.2. The van der Waals surface area contributed by atoms with Crippen molar-refractivity contribution in [2.75, 3.05) is 5.32 Å². The molecule has 102 valence electrons. The molecule has 0 aliphatic rings. The number of carbonyl (C=O) groups excluding carboxylic acids is 1. The van der Waals surface area contributed by atoms with Crippen LogP contribution in [0.5, 0.6) is 0 Å². The standard InChI is InChI=1S/C13H10N2O5/c16-11(17)5-9-2-3-10(6-14-9)15-13(19)8-1-4-12(18)20-7-8/h1-4,6-7H,5H2,(H,15,19)(H,16,17). The molecule has 2 N–H and O–H groups in total. The van der Waals surface area contributed by atoms with Gasteiger partial charge in [0.2, 0.25) is 0 Å². The molecule has 1 amide bonds. The Kier molecular flexibility index (Phi) is 3.90. The van der Waals surface area contributed by atoms with Gasteiger partial charge in [-0.05, 0) is 18.2 Å². The number of nitrogens with one attached hydrogen (secondary N) is 1. The van der Waals surface area contributed by atoms with Gasteiger partial charge in [-0.3, -0.25) is 14.6 Å². The highest BCUT2D eigenvalue weighted by Crippen LogP contribution is 2.09. The van der Waals surface area contributed by atoms with Crippen LogP contribution < -0.4 is 10.9 Å². The van der Waals surface area contributed by atoms with Crippen LogP contribution in [0.2, 0.25) is 0 Å². The third kappa shape index (κ3) is 3.52. The number of rotatable bonds is 4. The summed E-state index contributed by atoms with van der Waals surface area (Å²) >= 11 is 0. The smallest absolute Gasteiger partial charge is 0.335 e. The molecule has 2 heterocycles. The fourth-order valence-corrected chi connectivity index (χ4v) is 1.45. The van der Waals surface area contributed by atoms with E-state index in [0.717, 1.165) is 12.3 Å². The molecule has 0 atom stereocenters. The van der Waals surface area contributed by atoms with E-state index in [2.05, 4.69) is 14.7 Å². The number of hydrogen-bond acceptors (Lipinski definition) is 5. The molecule has 7 heteroatoms. The van der Waals surface area contributed by atoms with Gasteiger partial charge in [-0.25, -0.2) is 4.79 Å². The Bertz CT molecular complexity index is 670. The number of amides is 1. The van der Waals surface area contributed by atoms with Crippen molar-refractivity contribution in [3.05, 3.63) is 58.4 Å². The van der Waals surface area contributed by atoms with Crippen LogP contribution in [0.25, 0.3) is 0 Å². The van der Waals surface area contributed by atoms with Crippen LogP contribution in [0.15, 0.2) is 45.9 Å². The summed E-state index contributed by atoms with van der Waals surface area (Å²) in [6, 6.07) is 5.54. The molecule has 0 saturated heterocycles. The van der Waals surface area contributed by atoms with Crippen molar-refractivity contribution in [1.82, 2.24) is 4.98 Å². The van der Waals surface area contributed by atoms with Crippen molar-refractivity contribution in [3.8, 4) is 0 Å². The SMILES string of the molecule is O=C(O)Cc1ccc(NC(=O)c2ccc(=O)oc2)cn1. The van der Waals surface area contributed by atoms with Gasteiger partial charge < -0.3 is 14.8 Å². The third-order valence-electron chi connectivity index (χ3n) is 2.38. The first-order valence-corrected chi connectivity index (χ1v) is 5.61. The van der Waals surface area contributed by atoms with Crippen molar-refractivity contribution >= 4 is 17.6 Å². The predicted molar refractivity (Wildman–Crippen MR) is 68.5 cm³/mol. The van der Waals surface area contributed by atoms with Gasteiger partial charge in [0.05, 0.1) is 29.6 Å². The molecule has 7 nitrogen and oxygen atoms in total. The lowest BCUT2D eigenvalue weighted by Gasteiger charge is -2.04. The van der Waals surface area contributed by atoms with Crippen LogP contribution in [-0.4, -0.2) is 22.0 Å². The summed E-state index contributed by atoms with van der Waals surface area (Å²) in [7, 11) is 0. The molecule has 0 aliphatic heterocycles. The monoisotopic (exact) mass is 274 g/mol. The van der Waals surface area contributed by atoms with E-state index in [1.54, 1.807) is 6.07 Å². The molecule has 0 saturated carbocycles. The van der Waals surface area contributed by atoms with Crippen molar-refractivity contribution in [2.24, 2.45) is 0 Å². The van der Waals surface area contributed by atoms with E-state index in [1.807, 2.05) is 0 Å². The Morgan fingerprint density at radius 3 is 2.60 bits per heavy atom. The van der Waals surface area contributed by atoms with Gasteiger partial charge in [-0.1, -0.05) is 0 Å². The van der Waals surface area contributed by atoms with E-state index in [1.165, 1.54) is 18.3 Å². The molecule has 0 spiro atoms. The van der Waals surface area contributed by atoms with E-state index in [4.69, 9.17) is 5.11 Å². The van der Waals surface area contributed by atoms with E-state index < -0.39 is 17.5 Å². The fraction of sp³-hybridized carbons (Fsp3) is 0.0769. The van der Waals surface area contributed by atoms with Crippen LogP contribution in [0.4, 0.5) is 5.69 Å². The van der Waals surface area contributed by atoms with Crippen LogP contribution in [-0.2, 0) is 11.2 Å². The van der Waals surface area contributed by atoms with E-state index in [0.29, 0.717) is 11.4 Å². The maximum Gasteiger partial charge on any atom is 0.335 e. The molecule has 0 aromatic carbocycles. The first-order valence-electron chi connectivity index (χ1n) is 5.61. The lowest BCUT2D eigenvalue weighted by Crippen LogP contribution is -2.13. The second-order valence-electron chi connectivity index (χ2n) is 3.91. The zero-order valence-electron chi connectivity index (χ0n) is 10.2. The number of carbonyl (C=O) groups is 2. The Balaban J connectivity index is 2.06. The third-order valence-corrected chi connectivity index (χ3v) is 2.38. The second-order valence-corrected chi connectivity index (χ2v) is 3.91. The molecule has 0 unspecified atom stereocenters. The molecule has 20 heavy (non-hydrogen) atoms. The highest BCUT2D eigenvalue weighted by molar-refractivity contribution is 6.03. The van der Waals surface area contributed by atoms with Crippen LogP contribution in [0, 0.1) is 0 Å². The summed E-state index contributed by atoms with van der Waals surface area (Å²) in [6.45, 7) is 0. The van der Waals surface area contributed by atoms with E-state index in [9.17, 15) is 14.4 Å². The van der Waals surface area contributed by atoms with Gasteiger partial charge in [-0.2, -0.15) is 0 Å². The Labute approximate surface area is 112 Å². The number of anilines is 1. The minimum Gasteiger partial charge on any atom is -0.481 e. The minimum atomic E-state index is -0.978. The molecule has 2 rings (SSSR count). The normalized spacial score (nSPS) is 10.0. The van der Waals surface area contributed by atoms with Gasteiger partial charge in [-0.15, -0.1) is 0 Å². The molecule has 0 aliphatic carbocycles. The Morgan fingerprint density at radius 2 is 2.05 bits per heavy atom. The van der Waals surface area contributed by atoms with Gasteiger partial charge in [0.25, 0.3) is 5.91 Å². The summed E-state index contributed by atoms with van der Waals surface area (Å²) in [5.41, 5.74) is 0.456. The number of carboxylic acid groups (broad SMARTS) is 1. The van der Waals surface area contributed by atoms with Crippen molar-refractivity contribution in [1.29, 1.82) is 0 Å². The maximum atomic E-state index is 11.8. The lowest BCUT2D eigenvalue weighted by atomic mass is 10.2. The van der Waals surface area contributed by atoms with Gasteiger partial charge in [0.1, 0.15) is 6.26 Å². The van der Waals surface area contributed by atoms with Crippen LogP contribution in [0.3, 0.4) is 0 Å². The first kappa shape index (κ1) is 13.5. The molecule has 2 aromatic rings. The molecular weight excluding hydrogens is 264 g/mol. The average Bonchev–Trinajstić information content (AvgIpc) is 2.41. The van der Waals surface area contributed by atoms with Gasteiger partial charge >= 0.3 is 11.6 Å². The number of carboxylic acids is 1. The summed E-state index contributed by atoms with van der Waals surface area (Å²) in [4.78, 5) is 37.0. The zero-order chi connectivity index (χ0) is 14.5. The number of pyridine rings is 1. The lowest BCUT2D eigenvalue weighted by molar-refractivity contribution is -0.136. The summed E-state index contributed by atoms with van der Waals surface area (Å²) in [5, 5.41) is 11.2. The molecule has 0 radical (unpaired) electrons. The minimum absolute atomic E-state index is 0.182. The highest BCUT2D eigenvalue weighted by Gasteiger charge is 2.08. The van der Waals surface area contributed by atoms with Gasteiger partial charge in [0.15, 0.2) is 0 Å². The fourth-order valence-electron chi connectivity index (χ4n) is 1.45. The number of aromatic nitrogens is 1. The predicted octanol–water partition coefficient (Wildman–Crippen LogP) is 0.914. The topological polar surface area (TPSA) is 110 Å². The Morgan fingerprint density at radius 1 is 1.25 bits per heavy atom. The number of aliphatic carboxylic acids is 1.